The van der Waals surface area contributed by atoms with Crippen LogP contribution in [0.2, 0.25) is 0 Å². The third-order valence-electron chi connectivity index (χ3n) is 4.79. The van der Waals surface area contributed by atoms with Gasteiger partial charge in [0.1, 0.15) is 5.75 Å². The highest BCUT2D eigenvalue weighted by Crippen LogP contribution is 2.21. The molecule has 1 aliphatic rings. The molecule has 0 radical (unpaired) electrons. The van der Waals surface area contributed by atoms with Gasteiger partial charge in [-0.2, -0.15) is 0 Å². The second-order valence-electron chi connectivity index (χ2n) is 7.43. The van der Waals surface area contributed by atoms with Crippen LogP contribution < -0.4 is 4.74 Å². The van der Waals surface area contributed by atoms with Crippen LogP contribution >= 0.6 is 0 Å². The summed E-state index contributed by atoms with van der Waals surface area (Å²) in [6, 6.07) is 8.23. The molecule has 1 aromatic carbocycles. The first kappa shape index (κ1) is 18.8. The highest BCUT2D eigenvalue weighted by Gasteiger charge is 2.25. The van der Waals surface area contributed by atoms with Gasteiger partial charge in [-0.25, -0.2) is 0 Å². The van der Waals surface area contributed by atoms with Gasteiger partial charge in [0.2, 0.25) is 5.91 Å². The average Bonchev–Trinajstić information content (AvgIpc) is 2.54. The molecule has 2 atom stereocenters. The van der Waals surface area contributed by atoms with E-state index in [0.717, 1.165) is 38.2 Å². The van der Waals surface area contributed by atoms with Crippen molar-refractivity contribution in [1.82, 2.24) is 9.80 Å². The predicted octanol–water partition coefficient (Wildman–Crippen LogP) is 3.06. The highest BCUT2D eigenvalue weighted by molar-refractivity contribution is 5.78. The monoisotopic (exact) mass is 332 g/mol. The van der Waals surface area contributed by atoms with Gasteiger partial charge in [0.15, 0.2) is 0 Å². The summed E-state index contributed by atoms with van der Waals surface area (Å²) in [7, 11) is 3.73. The van der Waals surface area contributed by atoms with Crippen molar-refractivity contribution in [3.63, 3.8) is 0 Å². The molecule has 1 heterocycles. The molecule has 0 aliphatic carbocycles. The Hall–Kier alpha value is -1.55. The zero-order valence-electron chi connectivity index (χ0n) is 15.6. The van der Waals surface area contributed by atoms with E-state index in [0.29, 0.717) is 18.4 Å². The number of hydrogen-bond acceptors (Lipinski definition) is 3. The zero-order valence-corrected chi connectivity index (χ0v) is 15.6. The number of likely N-dealkylation sites (N-methyl/N-ethyl adjacent to an activating group) is 1. The van der Waals surface area contributed by atoms with E-state index in [4.69, 9.17) is 4.74 Å². The maximum absolute atomic E-state index is 12.5. The molecule has 2 rings (SSSR count). The SMILES string of the molecule is COc1ccc(CCCN(C)CC(=O)N2CC(C)CC(C)C2)cc1. The summed E-state index contributed by atoms with van der Waals surface area (Å²) in [5.41, 5.74) is 1.31. The molecule has 1 saturated heterocycles. The van der Waals surface area contributed by atoms with Crippen molar-refractivity contribution in [1.29, 1.82) is 0 Å². The van der Waals surface area contributed by atoms with Crippen LogP contribution in [-0.2, 0) is 11.2 Å². The maximum atomic E-state index is 12.5. The quantitative estimate of drug-likeness (QED) is 0.769. The van der Waals surface area contributed by atoms with Gasteiger partial charge in [-0.15, -0.1) is 0 Å². The fraction of sp³-hybridized carbons (Fsp3) is 0.650. The number of nitrogens with zero attached hydrogens (tertiary/aromatic N) is 2. The van der Waals surface area contributed by atoms with Crippen LogP contribution in [0.5, 0.6) is 5.75 Å². The van der Waals surface area contributed by atoms with Crippen molar-refractivity contribution < 1.29 is 9.53 Å². The van der Waals surface area contributed by atoms with Gasteiger partial charge in [-0.1, -0.05) is 26.0 Å². The van der Waals surface area contributed by atoms with Gasteiger partial charge in [-0.3, -0.25) is 9.69 Å². The molecule has 4 nitrogen and oxygen atoms in total. The van der Waals surface area contributed by atoms with Crippen LogP contribution in [0.4, 0.5) is 0 Å². The molecule has 0 N–H and O–H groups in total. The molecule has 0 spiro atoms. The molecule has 1 fully saturated rings. The van der Waals surface area contributed by atoms with E-state index in [9.17, 15) is 4.79 Å². The average molecular weight is 332 g/mol. The number of amides is 1. The Kier molecular flexibility index (Phi) is 7.10. The second kappa shape index (κ2) is 9.07. The molecule has 2 unspecified atom stereocenters. The molecule has 1 aliphatic heterocycles. The van der Waals surface area contributed by atoms with Gasteiger partial charge in [-0.05, 0) is 62.4 Å². The Morgan fingerprint density at radius 3 is 2.42 bits per heavy atom. The van der Waals surface area contributed by atoms with Gasteiger partial charge in [0, 0.05) is 13.1 Å². The lowest BCUT2D eigenvalue weighted by Crippen LogP contribution is -2.46. The van der Waals surface area contributed by atoms with Crippen LogP contribution in [0.25, 0.3) is 0 Å². The van der Waals surface area contributed by atoms with Gasteiger partial charge < -0.3 is 9.64 Å². The summed E-state index contributed by atoms with van der Waals surface area (Å²) < 4.78 is 5.18. The lowest BCUT2D eigenvalue weighted by molar-refractivity contribution is -0.134. The number of carbonyl (C=O) groups is 1. The molecule has 24 heavy (non-hydrogen) atoms. The van der Waals surface area contributed by atoms with Crippen LogP contribution in [0, 0.1) is 11.8 Å². The molecule has 0 saturated carbocycles. The lowest BCUT2D eigenvalue weighted by atomic mass is 9.92. The number of rotatable bonds is 7. The van der Waals surface area contributed by atoms with Crippen molar-refractivity contribution in [3.05, 3.63) is 29.8 Å². The maximum Gasteiger partial charge on any atom is 0.236 e. The minimum Gasteiger partial charge on any atom is -0.497 e. The van der Waals surface area contributed by atoms with Crippen molar-refractivity contribution >= 4 is 5.91 Å². The molecule has 0 bridgehead atoms. The van der Waals surface area contributed by atoms with Crippen LogP contribution in [0.3, 0.4) is 0 Å². The summed E-state index contributed by atoms with van der Waals surface area (Å²) in [6.45, 7) is 7.80. The summed E-state index contributed by atoms with van der Waals surface area (Å²) >= 11 is 0. The molecule has 1 amide bonds. The van der Waals surface area contributed by atoms with E-state index < -0.39 is 0 Å². The normalized spacial score (nSPS) is 21.1. The minimum atomic E-state index is 0.278. The Balaban J connectivity index is 1.70. The summed E-state index contributed by atoms with van der Waals surface area (Å²) in [5, 5.41) is 0. The summed E-state index contributed by atoms with van der Waals surface area (Å²) in [5.74, 6) is 2.42. The Morgan fingerprint density at radius 2 is 1.83 bits per heavy atom. The Morgan fingerprint density at radius 1 is 1.21 bits per heavy atom. The first-order chi connectivity index (χ1) is 11.5. The van der Waals surface area contributed by atoms with Crippen molar-refractivity contribution in [2.75, 3.05) is 40.3 Å². The fourth-order valence-corrected chi connectivity index (χ4v) is 3.62. The fourth-order valence-electron chi connectivity index (χ4n) is 3.62. The third kappa shape index (κ3) is 5.82. The van der Waals surface area contributed by atoms with Crippen molar-refractivity contribution in [3.8, 4) is 5.75 Å². The number of carbonyl (C=O) groups excluding carboxylic acids is 1. The molecular weight excluding hydrogens is 300 g/mol. The molecule has 1 aromatic rings. The van der Waals surface area contributed by atoms with Gasteiger partial charge in [0.25, 0.3) is 0 Å². The largest absolute Gasteiger partial charge is 0.497 e. The summed E-state index contributed by atoms with van der Waals surface area (Å²) in [4.78, 5) is 16.7. The van der Waals surface area contributed by atoms with E-state index in [-0.39, 0.29) is 5.91 Å². The standard InChI is InChI=1S/C20H32N2O2/c1-16-12-17(2)14-22(13-16)20(23)15-21(3)11-5-6-18-7-9-19(24-4)10-8-18/h7-10,16-17H,5-6,11-15H2,1-4H3. The van der Waals surface area contributed by atoms with Gasteiger partial charge >= 0.3 is 0 Å². The number of likely N-dealkylation sites (tertiary alicyclic amines) is 1. The molecule has 0 aromatic heterocycles. The first-order valence-corrected chi connectivity index (χ1v) is 9.07. The Bertz CT molecular complexity index is 505. The topological polar surface area (TPSA) is 32.8 Å². The van der Waals surface area contributed by atoms with E-state index >= 15 is 0 Å². The molecule has 4 heteroatoms. The third-order valence-corrected chi connectivity index (χ3v) is 4.79. The molecule has 134 valence electrons. The minimum absolute atomic E-state index is 0.278. The zero-order chi connectivity index (χ0) is 17.5. The Labute approximate surface area is 146 Å². The smallest absolute Gasteiger partial charge is 0.236 e. The number of ether oxygens (including phenoxy) is 1. The molecular formula is C20H32N2O2. The van der Waals surface area contributed by atoms with Crippen molar-refractivity contribution in [2.45, 2.75) is 33.1 Å². The number of piperidine rings is 1. The number of methoxy groups -OCH3 is 1. The van der Waals surface area contributed by atoms with E-state index in [1.165, 1.54) is 12.0 Å². The number of hydrogen-bond donors (Lipinski definition) is 0. The number of benzene rings is 1. The van der Waals surface area contributed by atoms with E-state index in [1.54, 1.807) is 7.11 Å². The second-order valence-corrected chi connectivity index (χ2v) is 7.43. The lowest BCUT2D eigenvalue weighted by Gasteiger charge is -2.35. The van der Waals surface area contributed by atoms with Crippen LogP contribution in [-0.4, -0.2) is 56.0 Å². The van der Waals surface area contributed by atoms with Crippen molar-refractivity contribution in [2.24, 2.45) is 11.8 Å². The highest BCUT2D eigenvalue weighted by atomic mass is 16.5. The first-order valence-electron chi connectivity index (χ1n) is 9.07. The summed E-state index contributed by atoms with van der Waals surface area (Å²) in [6.07, 6.45) is 3.32. The van der Waals surface area contributed by atoms with Gasteiger partial charge in [0.05, 0.1) is 13.7 Å². The van der Waals surface area contributed by atoms with Crippen LogP contribution in [0.15, 0.2) is 24.3 Å². The van der Waals surface area contributed by atoms with E-state index in [1.807, 2.05) is 19.2 Å². The predicted molar refractivity (Wildman–Crippen MR) is 98.3 cm³/mol. The number of aryl methyl sites for hydroxylation is 1. The van der Waals surface area contributed by atoms with Crippen LogP contribution in [0.1, 0.15) is 32.3 Å². The van der Waals surface area contributed by atoms with E-state index in [2.05, 4.69) is 35.8 Å².